The number of benzene rings is 2. The number of rotatable bonds is 3. The van der Waals surface area contributed by atoms with E-state index in [1.54, 1.807) is 54.9 Å². The zero-order chi connectivity index (χ0) is 20.5. The Bertz CT molecular complexity index is 1120. The molecule has 1 amide bonds. The van der Waals surface area contributed by atoms with Gasteiger partial charge in [-0.1, -0.05) is 42.0 Å². The minimum Gasteiger partial charge on any atom is -0.507 e. The number of aryl methyl sites for hydroxylation is 1. The number of ketones is 1. The molecule has 0 spiro atoms. The smallest absolute Gasteiger partial charge is 0.300 e. The molecule has 1 fully saturated rings. The average Bonchev–Trinajstić information content (AvgIpc) is 3.00. The number of carbonyl (C=O) groups excluding carboxylic acids is 2. The van der Waals surface area contributed by atoms with Crippen LogP contribution in [0.3, 0.4) is 0 Å². The standard InChI is InChI=1S/C23H18N2O4/c1-14-6-8-16(9-7-14)21(27)19-20(15-10-12-24-13-11-15)25(23(29)22(19)28)17-4-2-3-5-18(17)26/h2-13,20,26-27H,1H3/b21-19+. The number of hydrogen-bond acceptors (Lipinski definition) is 5. The Labute approximate surface area is 167 Å². The molecule has 2 N–H and O–H groups in total. The molecule has 0 saturated carbocycles. The summed E-state index contributed by atoms with van der Waals surface area (Å²) >= 11 is 0. The number of aromatic nitrogens is 1. The Hall–Kier alpha value is -3.93. The first-order valence-electron chi connectivity index (χ1n) is 9.05. The van der Waals surface area contributed by atoms with E-state index in [1.807, 2.05) is 19.1 Å². The highest BCUT2D eigenvalue weighted by Crippen LogP contribution is 2.44. The van der Waals surface area contributed by atoms with Crippen molar-refractivity contribution in [3.63, 3.8) is 0 Å². The topological polar surface area (TPSA) is 90.7 Å². The van der Waals surface area contributed by atoms with Crippen molar-refractivity contribution in [1.29, 1.82) is 0 Å². The number of hydrogen-bond donors (Lipinski definition) is 2. The van der Waals surface area contributed by atoms with E-state index in [0.717, 1.165) is 5.56 Å². The Morgan fingerprint density at radius 3 is 2.28 bits per heavy atom. The third kappa shape index (κ3) is 3.14. The highest BCUT2D eigenvalue weighted by Gasteiger charge is 2.47. The van der Waals surface area contributed by atoms with Crippen molar-refractivity contribution in [3.8, 4) is 5.75 Å². The molecule has 1 aliphatic heterocycles. The fourth-order valence-corrected chi connectivity index (χ4v) is 3.48. The van der Waals surface area contributed by atoms with E-state index in [4.69, 9.17) is 0 Å². The summed E-state index contributed by atoms with van der Waals surface area (Å²) in [6.07, 6.45) is 3.10. The fourth-order valence-electron chi connectivity index (χ4n) is 3.48. The normalized spacial score (nSPS) is 18.2. The molecule has 0 radical (unpaired) electrons. The van der Waals surface area contributed by atoms with E-state index in [0.29, 0.717) is 11.1 Å². The first kappa shape index (κ1) is 18.4. The van der Waals surface area contributed by atoms with Gasteiger partial charge >= 0.3 is 0 Å². The van der Waals surface area contributed by atoms with E-state index in [1.165, 1.54) is 11.0 Å². The van der Waals surface area contributed by atoms with Crippen molar-refractivity contribution in [1.82, 2.24) is 4.98 Å². The summed E-state index contributed by atoms with van der Waals surface area (Å²) < 4.78 is 0. The van der Waals surface area contributed by atoms with Crippen LogP contribution >= 0.6 is 0 Å². The minimum absolute atomic E-state index is 0.0340. The third-order valence-electron chi connectivity index (χ3n) is 4.93. The molecule has 0 bridgehead atoms. The summed E-state index contributed by atoms with van der Waals surface area (Å²) in [4.78, 5) is 31.1. The van der Waals surface area contributed by atoms with Crippen LogP contribution in [-0.4, -0.2) is 26.9 Å². The van der Waals surface area contributed by atoms with Gasteiger partial charge in [-0.2, -0.15) is 0 Å². The summed E-state index contributed by atoms with van der Waals surface area (Å²) in [7, 11) is 0. The Morgan fingerprint density at radius 1 is 0.966 bits per heavy atom. The summed E-state index contributed by atoms with van der Waals surface area (Å²) in [5.74, 6) is -2.03. The molecule has 2 aromatic carbocycles. The lowest BCUT2D eigenvalue weighted by molar-refractivity contribution is -0.132. The molecule has 2 heterocycles. The number of pyridine rings is 1. The van der Waals surface area contributed by atoms with Crippen LogP contribution in [-0.2, 0) is 9.59 Å². The summed E-state index contributed by atoms with van der Waals surface area (Å²) in [6, 6.07) is 15.8. The lowest BCUT2D eigenvalue weighted by Crippen LogP contribution is -2.29. The number of aliphatic hydroxyl groups is 1. The van der Waals surface area contributed by atoms with Crippen molar-refractivity contribution in [3.05, 3.63) is 95.3 Å². The van der Waals surface area contributed by atoms with Crippen molar-refractivity contribution in [2.75, 3.05) is 4.90 Å². The summed E-state index contributed by atoms with van der Waals surface area (Å²) in [6.45, 7) is 1.91. The number of anilines is 1. The minimum atomic E-state index is -0.896. The van der Waals surface area contributed by atoms with Crippen LogP contribution in [0.1, 0.15) is 22.7 Å². The van der Waals surface area contributed by atoms with E-state index >= 15 is 0 Å². The molecule has 1 aliphatic rings. The number of phenols is 1. The molecule has 0 aliphatic carbocycles. The highest BCUT2D eigenvalue weighted by molar-refractivity contribution is 6.51. The van der Waals surface area contributed by atoms with Gasteiger partial charge in [0.05, 0.1) is 17.3 Å². The van der Waals surface area contributed by atoms with Crippen LogP contribution in [0.25, 0.3) is 5.76 Å². The molecule has 3 aromatic rings. The van der Waals surface area contributed by atoms with Gasteiger partial charge in [-0.05, 0) is 36.8 Å². The number of aromatic hydroxyl groups is 1. The van der Waals surface area contributed by atoms with Crippen LogP contribution in [0, 0.1) is 6.92 Å². The molecule has 1 saturated heterocycles. The monoisotopic (exact) mass is 386 g/mol. The number of aliphatic hydroxyl groups excluding tert-OH is 1. The number of Topliss-reactive ketones (excluding diaryl/α,β-unsaturated/α-hetero) is 1. The lowest BCUT2D eigenvalue weighted by Gasteiger charge is -2.25. The molecule has 29 heavy (non-hydrogen) atoms. The van der Waals surface area contributed by atoms with Gasteiger partial charge in [0.1, 0.15) is 11.5 Å². The van der Waals surface area contributed by atoms with Crippen LogP contribution < -0.4 is 4.90 Å². The molecule has 6 nitrogen and oxygen atoms in total. The largest absolute Gasteiger partial charge is 0.507 e. The van der Waals surface area contributed by atoms with Gasteiger partial charge in [0.25, 0.3) is 11.7 Å². The van der Waals surface area contributed by atoms with E-state index < -0.39 is 17.7 Å². The Morgan fingerprint density at radius 2 is 1.62 bits per heavy atom. The molecule has 1 atom stereocenters. The summed E-state index contributed by atoms with van der Waals surface area (Å²) in [5, 5.41) is 21.3. The van der Waals surface area contributed by atoms with Gasteiger partial charge in [-0.15, -0.1) is 0 Å². The lowest BCUT2D eigenvalue weighted by atomic mass is 9.95. The Balaban J connectivity index is 1.96. The van der Waals surface area contributed by atoms with Crippen LogP contribution in [0.15, 0.2) is 78.6 Å². The molecular formula is C23H18N2O4. The first-order valence-corrected chi connectivity index (χ1v) is 9.05. The van der Waals surface area contributed by atoms with Crippen LogP contribution in [0.5, 0.6) is 5.75 Å². The molecule has 6 heteroatoms. The molecular weight excluding hydrogens is 368 g/mol. The van der Waals surface area contributed by atoms with E-state index in [9.17, 15) is 19.8 Å². The second-order valence-corrected chi connectivity index (χ2v) is 6.80. The second kappa shape index (κ2) is 7.24. The van der Waals surface area contributed by atoms with Crippen molar-refractivity contribution < 1.29 is 19.8 Å². The maximum absolute atomic E-state index is 13.0. The molecule has 1 unspecified atom stereocenters. The third-order valence-corrected chi connectivity index (χ3v) is 4.93. The van der Waals surface area contributed by atoms with Crippen molar-refractivity contribution >= 4 is 23.1 Å². The van der Waals surface area contributed by atoms with Gasteiger partial charge in [-0.25, -0.2) is 0 Å². The SMILES string of the molecule is Cc1ccc(/C(O)=C2\C(=O)C(=O)N(c3ccccc3O)C2c2ccncc2)cc1. The quantitative estimate of drug-likeness (QED) is 0.407. The predicted octanol–water partition coefficient (Wildman–Crippen LogP) is 3.72. The highest BCUT2D eigenvalue weighted by atomic mass is 16.3. The molecule has 144 valence electrons. The second-order valence-electron chi connectivity index (χ2n) is 6.80. The number of nitrogens with zero attached hydrogens (tertiary/aromatic N) is 2. The van der Waals surface area contributed by atoms with Crippen LogP contribution in [0.2, 0.25) is 0 Å². The fraction of sp³-hybridized carbons (Fsp3) is 0.0870. The number of amides is 1. The zero-order valence-electron chi connectivity index (χ0n) is 15.6. The van der Waals surface area contributed by atoms with Gasteiger partial charge in [0.15, 0.2) is 0 Å². The van der Waals surface area contributed by atoms with Gasteiger partial charge in [0.2, 0.25) is 0 Å². The first-order chi connectivity index (χ1) is 14.0. The number of phenolic OH excluding ortho intramolecular Hbond substituents is 1. The van der Waals surface area contributed by atoms with E-state index in [2.05, 4.69) is 4.98 Å². The van der Waals surface area contributed by atoms with Gasteiger partial charge in [-0.3, -0.25) is 19.5 Å². The average molecular weight is 386 g/mol. The van der Waals surface area contributed by atoms with E-state index in [-0.39, 0.29) is 22.8 Å². The number of carbonyl (C=O) groups is 2. The Kier molecular flexibility index (Phi) is 4.60. The van der Waals surface area contributed by atoms with Crippen molar-refractivity contribution in [2.45, 2.75) is 13.0 Å². The van der Waals surface area contributed by atoms with Gasteiger partial charge < -0.3 is 10.2 Å². The zero-order valence-corrected chi connectivity index (χ0v) is 15.6. The number of para-hydroxylation sites is 2. The molecule has 1 aromatic heterocycles. The van der Waals surface area contributed by atoms with Gasteiger partial charge in [0, 0.05) is 18.0 Å². The maximum Gasteiger partial charge on any atom is 0.300 e. The predicted molar refractivity (Wildman–Crippen MR) is 108 cm³/mol. The summed E-state index contributed by atoms with van der Waals surface area (Å²) in [5.41, 5.74) is 2.19. The maximum atomic E-state index is 13.0. The van der Waals surface area contributed by atoms with Crippen molar-refractivity contribution in [2.24, 2.45) is 0 Å². The molecule has 4 rings (SSSR count). The van der Waals surface area contributed by atoms with Crippen LogP contribution in [0.4, 0.5) is 5.69 Å².